The molecule has 4 heteroatoms. The number of amidine groups is 1. The van der Waals surface area contributed by atoms with Crippen LogP contribution < -0.4 is 5.32 Å². The van der Waals surface area contributed by atoms with E-state index in [1.54, 1.807) is 11.8 Å². The number of nitrogens with one attached hydrogen (secondary N) is 1. The van der Waals surface area contributed by atoms with E-state index in [-0.39, 0.29) is 0 Å². The molecule has 0 aliphatic carbocycles. The van der Waals surface area contributed by atoms with Crippen LogP contribution in [0.25, 0.3) is 0 Å². The van der Waals surface area contributed by atoms with Gasteiger partial charge in [-0.1, -0.05) is 27.7 Å². The second kappa shape index (κ2) is 5.03. The van der Waals surface area contributed by atoms with E-state index < -0.39 is 0 Å². The Labute approximate surface area is 103 Å². The maximum Gasteiger partial charge on any atom is 0.161 e. The summed E-state index contributed by atoms with van der Waals surface area (Å²) < 4.78 is 1.14. The van der Waals surface area contributed by atoms with Gasteiger partial charge in [0.15, 0.2) is 5.17 Å². The number of anilines is 1. The second-order valence-electron chi connectivity index (χ2n) is 3.48. The number of aryl methyl sites for hydroxylation is 1. The lowest BCUT2D eigenvalue weighted by molar-refractivity contribution is 0.938. The molecule has 0 saturated carbocycles. The fourth-order valence-electron chi connectivity index (χ4n) is 1.38. The summed E-state index contributed by atoms with van der Waals surface area (Å²) in [7, 11) is 0. The molecular formula is C11H13BrN2S. The van der Waals surface area contributed by atoms with E-state index >= 15 is 0 Å². The van der Waals surface area contributed by atoms with Crippen LogP contribution >= 0.6 is 27.7 Å². The third kappa shape index (κ3) is 2.98. The highest BCUT2D eigenvalue weighted by Gasteiger charge is 2.06. The van der Waals surface area contributed by atoms with Crippen LogP contribution in [-0.2, 0) is 0 Å². The predicted molar refractivity (Wildman–Crippen MR) is 71.9 cm³/mol. The minimum absolute atomic E-state index is 0.949. The Balaban J connectivity index is 2.10. The zero-order valence-electron chi connectivity index (χ0n) is 8.59. The SMILES string of the molecule is Cc1cc(NC2=NCCCS2)ccc1Br. The topological polar surface area (TPSA) is 24.4 Å². The Bertz CT molecular complexity index is 390. The molecular weight excluding hydrogens is 272 g/mol. The van der Waals surface area contributed by atoms with Crippen LogP contribution in [0.5, 0.6) is 0 Å². The van der Waals surface area contributed by atoms with Gasteiger partial charge in [0.25, 0.3) is 0 Å². The number of nitrogens with zero attached hydrogens (tertiary/aromatic N) is 1. The van der Waals surface area contributed by atoms with Gasteiger partial charge < -0.3 is 5.32 Å². The molecule has 2 rings (SSSR count). The molecule has 1 aliphatic rings. The fraction of sp³-hybridized carbons (Fsp3) is 0.364. The molecule has 1 aromatic carbocycles. The van der Waals surface area contributed by atoms with E-state index in [1.807, 2.05) is 0 Å². The van der Waals surface area contributed by atoms with Gasteiger partial charge >= 0.3 is 0 Å². The molecule has 0 saturated heterocycles. The minimum atomic E-state index is 0.949. The molecule has 0 fully saturated rings. The highest BCUT2D eigenvalue weighted by molar-refractivity contribution is 9.10. The standard InChI is InChI=1S/C11H13BrN2S/c1-8-7-9(3-4-10(8)12)14-11-13-5-2-6-15-11/h3-4,7H,2,5-6H2,1H3,(H,13,14). The first kappa shape index (κ1) is 11.0. The number of aliphatic imine (C=N–C) groups is 1. The van der Waals surface area contributed by atoms with E-state index in [0.29, 0.717) is 0 Å². The average Bonchev–Trinajstić information content (AvgIpc) is 2.25. The maximum absolute atomic E-state index is 4.43. The van der Waals surface area contributed by atoms with Gasteiger partial charge in [-0.05, 0) is 37.1 Å². The summed E-state index contributed by atoms with van der Waals surface area (Å²) in [6.07, 6.45) is 1.19. The van der Waals surface area contributed by atoms with Gasteiger partial charge in [0.05, 0.1) is 0 Å². The molecule has 0 atom stereocenters. The largest absolute Gasteiger partial charge is 0.335 e. The van der Waals surface area contributed by atoms with Crippen molar-refractivity contribution in [1.29, 1.82) is 0 Å². The summed E-state index contributed by atoms with van der Waals surface area (Å²) in [5.41, 5.74) is 2.35. The first-order valence-electron chi connectivity index (χ1n) is 4.96. The molecule has 0 unspecified atom stereocenters. The normalized spacial score (nSPS) is 16.0. The first-order chi connectivity index (χ1) is 7.25. The summed E-state index contributed by atoms with van der Waals surface area (Å²) in [5, 5.41) is 4.39. The average molecular weight is 285 g/mol. The highest BCUT2D eigenvalue weighted by atomic mass is 79.9. The number of thioether (sulfide) groups is 1. The Kier molecular flexibility index (Phi) is 3.70. The van der Waals surface area contributed by atoms with Crippen LogP contribution in [0.2, 0.25) is 0 Å². The Morgan fingerprint density at radius 3 is 3.00 bits per heavy atom. The lowest BCUT2D eigenvalue weighted by atomic mass is 10.2. The van der Waals surface area contributed by atoms with Crippen molar-refractivity contribution in [3.8, 4) is 0 Å². The van der Waals surface area contributed by atoms with Crippen LogP contribution in [0.4, 0.5) is 5.69 Å². The van der Waals surface area contributed by atoms with Crippen LogP contribution in [0.1, 0.15) is 12.0 Å². The van der Waals surface area contributed by atoms with Crippen molar-refractivity contribution in [2.24, 2.45) is 4.99 Å². The van der Waals surface area contributed by atoms with Gasteiger partial charge in [0.2, 0.25) is 0 Å². The molecule has 1 N–H and O–H groups in total. The van der Waals surface area contributed by atoms with Gasteiger partial charge in [-0.2, -0.15) is 0 Å². The van der Waals surface area contributed by atoms with Gasteiger partial charge in [0.1, 0.15) is 0 Å². The summed E-state index contributed by atoms with van der Waals surface area (Å²) in [5.74, 6) is 1.17. The van der Waals surface area contributed by atoms with Crippen molar-refractivity contribution in [3.05, 3.63) is 28.2 Å². The molecule has 1 aliphatic heterocycles. The van der Waals surface area contributed by atoms with E-state index in [0.717, 1.165) is 21.9 Å². The summed E-state index contributed by atoms with van der Waals surface area (Å²) in [6, 6.07) is 6.25. The van der Waals surface area contributed by atoms with Gasteiger partial charge in [-0.25, -0.2) is 0 Å². The second-order valence-corrected chi connectivity index (χ2v) is 5.42. The van der Waals surface area contributed by atoms with Gasteiger partial charge in [0, 0.05) is 22.5 Å². The highest BCUT2D eigenvalue weighted by Crippen LogP contribution is 2.22. The molecule has 0 aromatic heterocycles. The number of hydrogen-bond acceptors (Lipinski definition) is 3. The predicted octanol–water partition coefficient (Wildman–Crippen LogP) is 3.66. The van der Waals surface area contributed by atoms with E-state index in [9.17, 15) is 0 Å². The zero-order chi connectivity index (χ0) is 10.7. The third-order valence-electron chi connectivity index (χ3n) is 2.21. The number of rotatable bonds is 1. The van der Waals surface area contributed by atoms with Gasteiger partial charge in [-0.3, -0.25) is 4.99 Å². The molecule has 2 nitrogen and oxygen atoms in total. The molecule has 0 radical (unpaired) electrons. The Morgan fingerprint density at radius 1 is 1.47 bits per heavy atom. The van der Waals surface area contributed by atoms with Crippen LogP contribution in [0, 0.1) is 6.92 Å². The molecule has 80 valence electrons. The number of benzene rings is 1. The molecule has 1 heterocycles. The van der Waals surface area contributed by atoms with E-state index in [4.69, 9.17) is 0 Å². The van der Waals surface area contributed by atoms with Crippen LogP contribution in [-0.4, -0.2) is 17.5 Å². The lowest BCUT2D eigenvalue weighted by Gasteiger charge is -2.13. The monoisotopic (exact) mass is 284 g/mol. The number of halogens is 1. The molecule has 0 spiro atoms. The zero-order valence-corrected chi connectivity index (χ0v) is 11.0. The minimum Gasteiger partial charge on any atom is -0.335 e. The maximum atomic E-state index is 4.43. The van der Waals surface area contributed by atoms with E-state index in [1.165, 1.54) is 17.7 Å². The molecule has 1 aromatic rings. The Morgan fingerprint density at radius 2 is 2.33 bits per heavy atom. The summed E-state index contributed by atoms with van der Waals surface area (Å²) in [4.78, 5) is 4.43. The lowest BCUT2D eigenvalue weighted by Crippen LogP contribution is -2.13. The fourth-order valence-corrected chi connectivity index (χ4v) is 2.47. The van der Waals surface area contributed by atoms with Crippen LogP contribution in [0.15, 0.2) is 27.7 Å². The van der Waals surface area contributed by atoms with E-state index in [2.05, 4.69) is 51.4 Å². The van der Waals surface area contributed by atoms with Crippen molar-refractivity contribution >= 4 is 38.5 Å². The number of hydrogen-bond donors (Lipinski definition) is 1. The van der Waals surface area contributed by atoms with Gasteiger partial charge in [-0.15, -0.1) is 0 Å². The summed E-state index contributed by atoms with van der Waals surface area (Å²) in [6.45, 7) is 3.04. The quantitative estimate of drug-likeness (QED) is 0.851. The molecule has 15 heavy (non-hydrogen) atoms. The smallest absolute Gasteiger partial charge is 0.161 e. The van der Waals surface area contributed by atoms with Crippen LogP contribution in [0.3, 0.4) is 0 Å². The summed E-state index contributed by atoms with van der Waals surface area (Å²) >= 11 is 5.29. The van der Waals surface area contributed by atoms with Crippen molar-refractivity contribution < 1.29 is 0 Å². The first-order valence-corrected chi connectivity index (χ1v) is 6.74. The molecule has 0 amide bonds. The molecule has 0 bridgehead atoms. The van der Waals surface area contributed by atoms with Crippen molar-refractivity contribution in [3.63, 3.8) is 0 Å². The van der Waals surface area contributed by atoms with Crippen molar-refractivity contribution in [2.45, 2.75) is 13.3 Å². The third-order valence-corrected chi connectivity index (χ3v) is 4.09. The Hall–Kier alpha value is -0.480. The van der Waals surface area contributed by atoms with Crippen molar-refractivity contribution in [1.82, 2.24) is 0 Å². The van der Waals surface area contributed by atoms with Crippen molar-refractivity contribution in [2.75, 3.05) is 17.6 Å².